The molecule has 156 valence electrons. The lowest BCUT2D eigenvalue weighted by Gasteiger charge is -2.12. The van der Waals surface area contributed by atoms with E-state index in [1.165, 1.54) is 24.6 Å². The van der Waals surface area contributed by atoms with Crippen LogP contribution in [0, 0.1) is 0 Å². The molecule has 1 aromatic heterocycles. The maximum atomic E-state index is 12.4. The maximum absolute atomic E-state index is 12.4. The van der Waals surface area contributed by atoms with Gasteiger partial charge in [-0.25, -0.2) is 0 Å². The van der Waals surface area contributed by atoms with E-state index in [1.54, 1.807) is 18.2 Å². The molecule has 3 rings (SSSR count). The molecular weight excluding hydrogens is 433 g/mol. The number of nitrogens with zero attached hydrogens (tertiary/aromatic N) is 3. The van der Waals surface area contributed by atoms with E-state index in [4.69, 9.17) is 23.2 Å². The van der Waals surface area contributed by atoms with Crippen molar-refractivity contribution in [2.24, 2.45) is 0 Å². The van der Waals surface area contributed by atoms with Crippen molar-refractivity contribution in [3.8, 4) is 0 Å². The Morgan fingerprint density at radius 3 is 2.62 bits per heavy atom. The second-order valence-electron chi connectivity index (χ2n) is 6.83. The van der Waals surface area contributed by atoms with Gasteiger partial charge in [-0.15, -0.1) is 10.2 Å². The summed E-state index contributed by atoms with van der Waals surface area (Å²) < 4.78 is 1.85. The van der Waals surface area contributed by atoms with Gasteiger partial charge >= 0.3 is 0 Å². The number of hydrogen-bond donors (Lipinski definition) is 2. The number of anilines is 1. The van der Waals surface area contributed by atoms with Crippen molar-refractivity contribution >= 4 is 52.5 Å². The quantitative estimate of drug-likeness (QED) is 0.588. The first kappa shape index (κ1) is 21.9. The zero-order valence-corrected chi connectivity index (χ0v) is 18.4. The summed E-state index contributed by atoms with van der Waals surface area (Å²) in [6.07, 6.45) is 4.53. The lowest BCUT2D eigenvalue weighted by Crippen LogP contribution is -2.33. The molecule has 0 atom stereocenters. The van der Waals surface area contributed by atoms with Gasteiger partial charge in [0.05, 0.1) is 22.2 Å². The molecule has 7 nitrogen and oxygen atoms in total. The van der Waals surface area contributed by atoms with Gasteiger partial charge < -0.3 is 15.2 Å². The maximum Gasteiger partial charge on any atom is 0.232 e. The topological polar surface area (TPSA) is 88.9 Å². The van der Waals surface area contributed by atoms with Crippen LogP contribution in [0.2, 0.25) is 10.0 Å². The average molecular weight is 456 g/mol. The molecule has 1 aliphatic carbocycles. The number of rotatable bonds is 8. The largest absolute Gasteiger partial charge is 0.353 e. The predicted octanol–water partition coefficient (Wildman–Crippen LogP) is 3.94. The minimum Gasteiger partial charge on any atom is -0.353 e. The van der Waals surface area contributed by atoms with Crippen LogP contribution in [0.5, 0.6) is 0 Å². The Bertz CT molecular complexity index is 883. The lowest BCUT2D eigenvalue weighted by molar-refractivity contribution is -0.119. The highest BCUT2D eigenvalue weighted by atomic mass is 35.5. The summed E-state index contributed by atoms with van der Waals surface area (Å²) in [5.41, 5.74) is 0.560. The highest BCUT2D eigenvalue weighted by molar-refractivity contribution is 7.99. The van der Waals surface area contributed by atoms with Crippen LogP contribution in [0.15, 0.2) is 23.4 Å². The van der Waals surface area contributed by atoms with Gasteiger partial charge in [0.1, 0.15) is 5.82 Å². The Labute approximate surface area is 183 Å². The van der Waals surface area contributed by atoms with E-state index in [9.17, 15) is 9.59 Å². The Balaban J connectivity index is 1.55. The van der Waals surface area contributed by atoms with Crippen LogP contribution in [0.1, 0.15) is 38.4 Å². The fraction of sp³-hybridized carbons (Fsp3) is 0.474. The van der Waals surface area contributed by atoms with E-state index < -0.39 is 0 Å². The molecule has 2 aromatic rings. The molecule has 1 heterocycles. The van der Waals surface area contributed by atoms with Crippen molar-refractivity contribution in [2.45, 2.75) is 56.8 Å². The molecule has 0 aliphatic heterocycles. The minimum absolute atomic E-state index is 0.00598. The molecule has 0 spiro atoms. The summed E-state index contributed by atoms with van der Waals surface area (Å²) in [6, 6.07) is 5.20. The van der Waals surface area contributed by atoms with Gasteiger partial charge in [0.2, 0.25) is 11.8 Å². The summed E-state index contributed by atoms with van der Waals surface area (Å²) in [5.74, 6) is 0.598. The van der Waals surface area contributed by atoms with Crippen molar-refractivity contribution in [3.63, 3.8) is 0 Å². The third-order valence-corrected chi connectivity index (χ3v) is 6.39. The van der Waals surface area contributed by atoms with E-state index in [-0.39, 0.29) is 24.0 Å². The SMILES string of the molecule is CCn1c(CC(=O)Nc2ccc(Cl)c(Cl)c2)nnc1SCC(=O)NC1CCCC1. The first-order chi connectivity index (χ1) is 14.0. The van der Waals surface area contributed by atoms with E-state index in [0.29, 0.717) is 39.3 Å². The zero-order valence-electron chi connectivity index (χ0n) is 16.1. The summed E-state index contributed by atoms with van der Waals surface area (Å²) in [5, 5.41) is 15.6. The smallest absolute Gasteiger partial charge is 0.232 e. The van der Waals surface area contributed by atoms with Gasteiger partial charge in [-0.05, 0) is 38.0 Å². The summed E-state index contributed by atoms with van der Waals surface area (Å²) >= 11 is 13.2. The number of carbonyl (C=O) groups excluding carboxylic acids is 2. The molecule has 2 amide bonds. The van der Waals surface area contributed by atoms with E-state index in [0.717, 1.165) is 12.8 Å². The van der Waals surface area contributed by atoms with E-state index in [2.05, 4.69) is 20.8 Å². The molecule has 0 radical (unpaired) electrons. The standard InChI is InChI=1S/C19H23Cl2N5O2S/c1-2-26-16(10-17(27)23-13-7-8-14(20)15(21)9-13)24-25-19(26)29-11-18(28)22-12-5-3-4-6-12/h7-9,12H,2-6,10-11H2,1H3,(H,22,28)(H,23,27). The first-order valence-corrected chi connectivity index (χ1v) is 11.3. The number of aromatic nitrogens is 3. The van der Waals surface area contributed by atoms with Crippen molar-refractivity contribution in [3.05, 3.63) is 34.1 Å². The predicted molar refractivity (Wildman–Crippen MR) is 116 cm³/mol. The third-order valence-electron chi connectivity index (χ3n) is 4.68. The second kappa shape index (κ2) is 10.3. The third kappa shape index (κ3) is 6.10. The molecule has 10 heteroatoms. The monoisotopic (exact) mass is 455 g/mol. The van der Waals surface area contributed by atoms with Crippen molar-refractivity contribution in [1.82, 2.24) is 20.1 Å². The fourth-order valence-corrected chi connectivity index (χ4v) is 4.40. The first-order valence-electron chi connectivity index (χ1n) is 9.55. The molecular formula is C19H23Cl2N5O2S. The zero-order chi connectivity index (χ0) is 20.8. The van der Waals surface area contributed by atoms with Crippen molar-refractivity contribution in [2.75, 3.05) is 11.1 Å². The molecule has 0 saturated heterocycles. The van der Waals surface area contributed by atoms with Crippen LogP contribution in [0.25, 0.3) is 0 Å². The normalized spacial score (nSPS) is 14.2. The molecule has 1 aliphatic rings. The fourth-order valence-electron chi connectivity index (χ4n) is 3.27. The molecule has 1 fully saturated rings. The van der Waals surface area contributed by atoms with Crippen LogP contribution >= 0.6 is 35.0 Å². The Kier molecular flexibility index (Phi) is 7.80. The van der Waals surface area contributed by atoms with Crippen molar-refractivity contribution in [1.29, 1.82) is 0 Å². The highest BCUT2D eigenvalue weighted by Gasteiger charge is 2.19. The molecule has 0 unspecified atom stereocenters. The minimum atomic E-state index is -0.235. The van der Waals surface area contributed by atoms with Gasteiger partial charge in [-0.3, -0.25) is 9.59 Å². The summed E-state index contributed by atoms with van der Waals surface area (Å²) in [4.78, 5) is 24.5. The number of halogens is 2. The second-order valence-corrected chi connectivity index (χ2v) is 8.59. The van der Waals surface area contributed by atoms with E-state index in [1.807, 2.05) is 11.5 Å². The average Bonchev–Trinajstić information content (AvgIpc) is 3.32. The molecule has 2 N–H and O–H groups in total. The van der Waals surface area contributed by atoms with Gasteiger partial charge in [0.25, 0.3) is 0 Å². The number of carbonyl (C=O) groups is 2. The Hall–Kier alpha value is -1.77. The van der Waals surface area contributed by atoms with Crippen LogP contribution in [0.4, 0.5) is 5.69 Å². The number of amides is 2. The number of benzene rings is 1. The van der Waals surface area contributed by atoms with Crippen LogP contribution in [-0.2, 0) is 22.6 Å². The Morgan fingerprint density at radius 2 is 1.93 bits per heavy atom. The van der Waals surface area contributed by atoms with Gasteiger partial charge in [0, 0.05) is 18.3 Å². The van der Waals surface area contributed by atoms with Crippen LogP contribution in [0.3, 0.4) is 0 Å². The van der Waals surface area contributed by atoms with Crippen molar-refractivity contribution < 1.29 is 9.59 Å². The highest BCUT2D eigenvalue weighted by Crippen LogP contribution is 2.25. The Morgan fingerprint density at radius 1 is 1.17 bits per heavy atom. The van der Waals surface area contributed by atoms with Gasteiger partial charge in [-0.2, -0.15) is 0 Å². The molecule has 1 aromatic carbocycles. The lowest BCUT2D eigenvalue weighted by atomic mass is 10.2. The molecule has 0 bridgehead atoms. The molecule has 1 saturated carbocycles. The van der Waals surface area contributed by atoms with E-state index >= 15 is 0 Å². The van der Waals surface area contributed by atoms with Crippen LogP contribution < -0.4 is 10.6 Å². The molecule has 29 heavy (non-hydrogen) atoms. The van der Waals surface area contributed by atoms with Crippen LogP contribution in [-0.4, -0.2) is 38.4 Å². The van der Waals surface area contributed by atoms with Gasteiger partial charge in [-0.1, -0.05) is 47.8 Å². The summed E-state index contributed by atoms with van der Waals surface area (Å²) in [6.45, 7) is 2.56. The number of hydrogen-bond acceptors (Lipinski definition) is 5. The van der Waals surface area contributed by atoms with Gasteiger partial charge in [0.15, 0.2) is 5.16 Å². The number of nitrogens with one attached hydrogen (secondary N) is 2. The summed E-state index contributed by atoms with van der Waals surface area (Å²) in [7, 11) is 0. The number of thioether (sulfide) groups is 1.